The van der Waals surface area contributed by atoms with Gasteiger partial charge < -0.3 is 0 Å². The summed E-state index contributed by atoms with van der Waals surface area (Å²) in [5, 5.41) is 10.8. The summed E-state index contributed by atoms with van der Waals surface area (Å²) >= 11 is 3.33. The number of hydrogen-bond donors (Lipinski definition) is 0. The van der Waals surface area contributed by atoms with Crippen LogP contribution in [0.2, 0.25) is 0 Å². The molecule has 0 amide bonds. The lowest BCUT2D eigenvalue weighted by atomic mass is 10.1. The van der Waals surface area contributed by atoms with Crippen LogP contribution in [-0.4, -0.2) is 4.92 Å². The average Bonchev–Trinajstić information content (AvgIpc) is 2.38. The fraction of sp³-hybridized carbons (Fsp3) is 0. The van der Waals surface area contributed by atoms with Gasteiger partial charge in [-0.05, 0) is 30.3 Å². The number of para-hydroxylation sites is 1. The van der Waals surface area contributed by atoms with Crippen molar-refractivity contribution in [2.75, 3.05) is 0 Å². The van der Waals surface area contributed by atoms with Crippen LogP contribution in [-0.2, 0) is 0 Å². The van der Waals surface area contributed by atoms with Gasteiger partial charge in [0.15, 0.2) is 0 Å². The number of rotatable bonds is 1. The van der Waals surface area contributed by atoms with E-state index in [1.54, 1.807) is 18.2 Å². The zero-order valence-electron chi connectivity index (χ0n) is 9.26. The Morgan fingerprint density at radius 2 is 1.67 bits per heavy atom. The molecule has 0 radical (unpaired) electrons. The van der Waals surface area contributed by atoms with Crippen LogP contribution in [0, 0.1) is 22.0 Å². The molecule has 4 heteroatoms. The molecule has 0 aliphatic carbocycles. The van der Waals surface area contributed by atoms with E-state index < -0.39 is 4.92 Å². The highest BCUT2D eigenvalue weighted by Gasteiger charge is 2.09. The van der Waals surface area contributed by atoms with Gasteiger partial charge in [0.05, 0.1) is 4.92 Å². The first kappa shape index (κ1) is 12.3. The third kappa shape index (κ3) is 2.96. The summed E-state index contributed by atoms with van der Waals surface area (Å²) in [6.07, 6.45) is 0. The Hall–Kier alpha value is -2.12. The minimum Gasteiger partial charge on any atom is -0.258 e. The molecule has 0 aromatic heterocycles. The summed E-state index contributed by atoms with van der Waals surface area (Å²) in [5.74, 6) is 5.73. The molecule has 0 fully saturated rings. The Kier molecular flexibility index (Phi) is 3.75. The van der Waals surface area contributed by atoms with Crippen molar-refractivity contribution in [2.24, 2.45) is 0 Å². The van der Waals surface area contributed by atoms with Gasteiger partial charge in [0.25, 0.3) is 5.69 Å². The maximum absolute atomic E-state index is 10.8. The molecule has 3 nitrogen and oxygen atoms in total. The summed E-state index contributed by atoms with van der Waals surface area (Å²) < 4.78 is 0.971. The van der Waals surface area contributed by atoms with Crippen molar-refractivity contribution in [3.8, 4) is 11.8 Å². The lowest BCUT2D eigenvalue weighted by Crippen LogP contribution is -1.91. The second-order valence-corrected chi connectivity index (χ2v) is 4.45. The zero-order valence-corrected chi connectivity index (χ0v) is 10.8. The minimum atomic E-state index is -0.425. The van der Waals surface area contributed by atoms with Crippen molar-refractivity contribution in [1.29, 1.82) is 0 Å². The first-order valence-electron chi connectivity index (χ1n) is 5.18. The van der Waals surface area contributed by atoms with Crippen molar-refractivity contribution in [2.45, 2.75) is 0 Å². The van der Waals surface area contributed by atoms with Gasteiger partial charge in [0, 0.05) is 16.1 Å². The van der Waals surface area contributed by atoms with Gasteiger partial charge >= 0.3 is 0 Å². The number of benzene rings is 2. The van der Waals surface area contributed by atoms with Crippen molar-refractivity contribution in [3.63, 3.8) is 0 Å². The third-order valence-corrected chi connectivity index (χ3v) is 2.82. The molecule has 0 atom stereocenters. The molecule has 0 spiro atoms. The van der Waals surface area contributed by atoms with E-state index in [2.05, 4.69) is 27.8 Å². The summed E-state index contributed by atoms with van der Waals surface area (Å²) in [6.45, 7) is 0. The summed E-state index contributed by atoms with van der Waals surface area (Å²) in [4.78, 5) is 10.4. The molecule has 2 aromatic rings. The van der Waals surface area contributed by atoms with E-state index in [-0.39, 0.29) is 5.69 Å². The van der Waals surface area contributed by atoms with Crippen molar-refractivity contribution in [3.05, 3.63) is 74.2 Å². The Bertz CT molecular complexity index is 639. The van der Waals surface area contributed by atoms with Crippen LogP contribution in [0.3, 0.4) is 0 Å². The van der Waals surface area contributed by atoms with Gasteiger partial charge in [0.2, 0.25) is 0 Å². The molecule has 0 unspecified atom stereocenters. The molecule has 0 N–H and O–H groups in total. The van der Waals surface area contributed by atoms with E-state index in [0.29, 0.717) is 5.56 Å². The maximum Gasteiger partial charge on any atom is 0.284 e. The lowest BCUT2D eigenvalue weighted by molar-refractivity contribution is -0.385. The molecule has 0 saturated carbocycles. The number of nitro groups is 1. The molecular formula is C14H8BrNO2. The van der Waals surface area contributed by atoms with E-state index in [4.69, 9.17) is 0 Å². The molecule has 88 valence electrons. The van der Waals surface area contributed by atoms with Crippen LogP contribution in [0.15, 0.2) is 53.0 Å². The summed E-state index contributed by atoms with van der Waals surface area (Å²) in [5.41, 5.74) is 1.27. The zero-order chi connectivity index (χ0) is 13.0. The number of hydrogen-bond acceptors (Lipinski definition) is 2. The van der Waals surface area contributed by atoms with E-state index in [1.807, 2.05) is 24.3 Å². The number of nitro benzene ring substituents is 1. The van der Waals surface area contributed by atoms with Gasteiger partial charge in [-0.1, -0.05) is 39.9 Å². The fourth-order valence-electron chi connectivity index (χ4n) is 1.41. The van der Waals surface area contributed by atoms with E-state index in [9.17, 15) is 10.1 Å². The van der Waals surface area contributed by atoms with Gasteiger partial charge in [-0.25, -0.2) is 0 Å². The molecular weight excluding hydrogens is 294 g/mol. The summed E-state index contributed by atoms with van der Waals surface area (Å²) in [7, 11) is 0. The molecule has 0 heterocycles. The Balaban J connectivity index is 2.35. The Labute approximate surface area is 113 Å². The van der Waals surface area contributed by atoms with Crippen molar-refractivity contribution >= 4 is 21.6 Å². The average molecular weight is 302 g/mol. The first-order valence-corrected chi connectivity index (χ1v) is 5.97. The SMILES string of the molecule is O=[N+]([O-])c1ccccc1C#Cc1ccc(Br)cc1. The molecule has 0 saturated heterocycles. The smallest absolute Gasteiger partial charge is 0.258 e. The van der Waals surface area contributed by atoms with Gasteiger partial charge in [-0.3, -0.25) is 10.1 Å². The second kappa shape index (κ2) is 5.48. The predicted molar refractivity (Wildman–Crippen MR) is 73.2 cm³/mol. The van der Waals surface area contributed by atoms with Gasteiger partial charge in [-0.2, -0.15) is 0 Å². The largest absolute Gasteiger partial charge is 0.284 e. The molecule has 0 bridgehead atoms. The second-order valence-electron chi connectivity index (χ2n) is 3.53. The number of halogens is 1. The van der Waals surface area contributed by atoms with Crippen LogP contribution in [0.5, 0.6) is 0 Å². The van der Waals surface area contributed by atoms with Crippen LogP contribution >= 0.6 is 15.9 Å². The van der Waals surface area contributed by atoms with Crippen LogP contribution in [0.25, 0.3) is 0 Å². The molecule has 2 rings (SSSR count). The number of nitrogens with zero attached hydrogens (tertiary/aromatic N) is 1. The van der Waals surface area contributed by atoms with Crippen molar-refractivity contribution in [1.82, 2.24) is 0 Å². The monoisotopic (exact) mass is 301 g/mol. The lowest BCUT2D eigenvalue weighted by Gasteiger charge is -1.94. The fourth-order valence-corrected chi connectivity index (χ4v) is 1.68. The highest BCUT2D eigenvalue weighted by atomic mass is 79.9. The van der Waals surface area contributed by atoms with Crippen LogP contribution in [0.4, 0.5) is 5.69 Å². The van der Waals surface area contributed by atoms with E-state index in [1.165, 1.54) is 6.07 Å². The van der Waals surface area contributed by atoms with Crippen LogP contribution in [0.1, 0.15) is 11.1 Å². The molecule has 2 aromatic carbocycles. The highest BCUT2D eigenvalue weighted by Crippen LogP contribution is 2.16. The normalized spacial score (nSPS) is 9.39. The minimum absolute atomic E-state index is 0.0297. The molecule has 18 heavy (non-hydrogen) atoms. The highest BCUT2D eigenvalue weighted by molar-refractivity contribution is 9.10. The quantitative estimate of drug-likeness (QED) is 0.457. The Morgan fingerprint density at radius 1 is 1.00 bits per heavy atom. The van der Waals surface area contributed by atoms with Crippen LogP contribution < -0.4 is 0 Å². The third-order valence-electron chi connectivity index (χ3n) is 2.29. The maximum atomic E-state index is 10.8. The first-order chi connectivity index (χ1) is 8.66. The standard InChI is InChI=1S/C14H8BrNO2/c15-13-9-6-11(7-10-13)5-8-12-3-1-2-4-14(12)16(17)18/h1-4,6-7,9-10H. The predicted octanol–water partition coefficient (Wildman–Crippen LogP) is 3.76. The van der Waals surface area contributed by atoms with Gasteiger partial charge in [-0.15, -0.1) is 0 Å². The summed E-state index contributed by atoms with van der Waals surface area (Å²) in [6, 6.07) is 13.9. The topological polar surface area (TPSA) is 43.1 Å². The molecule has 0 aliphatic rings. The molecule has 0 aliphatic heterocycles. The Morgan fingerprint density at radius 3 is 2.33 bits per heavy atom. The van der Waals surface area contributed by atoms with E-state index >= 15 is 0 Å². The van der Waals surface area contributed by atoms with Crippen molar-refractivity contribution < 1.29 is 4.92 Å². The van der Waals surface area contributed by atoms with E-state index in [0.717, 1.165) is 10.0 Å². The van der Waals surface area contributed by atoms with Gasteiger partial charge in [0.1, 0.15) is 5.56 Å².